The standard InChI is InChI=1S/C20H28FNO2/c1-20(2)16-8-7-15(18(20)9-16)12-24-13-17(23)11-22-10-14-5-3-4-6-19(14)21/h3-7,16-18,22-23H,8-13H2,1-2H3/t16-,17-,18+/m0/s1. The van der Waals surface area contributed by atoms with Crippen molar-refractivity contribution >= 4 is 0 Å². The summed E-state index contributed by atoms with van der Waals surface area (Å²) in [4.78, 5) is 0. The first-order valence-electron chi connectivity index (χ1n) is 8.87. The average molecular weight is 333 g/mol. The van der Waals surface area contributed by atoms with Gasteiger partial charge in [0.2, 0.25) is 0 Å². The third-order valence-corrected chi connectivity index (χ3v) is 5.81. The van der Waals surface area contributed by atoms with Crippen LogP contribution in [0, 0.1) is 23.1 Å². The van der Waals surface area contributed by atoms with Gasteiger partial charge in [-0.1, -0.05) is 38.1 Å². The van der Waals surface area contributed by atoms with Crippen molar-refractivity contribution in [3.63, 3.8) is 0 Å². The van der Waals surface area contributed by atoms with Crippen molar-refractivity contribution in [2.24, 2.45) is 17.3 Å². The Labute approximate surface area is 143 Å². The Balaban J connectivity index is 1.34. The summed E-state index contributed by atoms with van der Waals surface area (Å²) >= 11 is 0. The second kappa shape index (κ2) is 7.34. The normalized spacial score (nSPS) is 25.8. The van der Waals surface area contributed by atoms with Crippen LogP contribution in [0.1, 0.15) is 32.3 Å². The number of rotatable bonds is 8. The zero-order chi connectivity index (χ0) is 17.2. The molecule has 4 rings (SSSR count). The molecular weight excluding hydrogens is 305 g/mol. The zero-order valence-corrected chi connectivity index (χ0v) is 14.6. The topological polar surface area (TPSA) is 41.5 Å². The van der Waals surface area contributed by atoms with E-state index in [9.17, 15) is 9.50 Å². The fourth-order valence-electron chi connectivity index (χ4n) is 4.03. The van der Waals surface area contributed by atoms with E-state index < -0.39 is 6.10 Å². The summed E-state index contributed by atoms with van der Waals surface area (Å²) in [5.74, 6) is 1.26. The van der Waals surface area contributed by atoms with Gasteiger partial charge in [0.25, 0.3) is 0 Å². The Morgan fingerprint density at radius 2 is 2.17 bits per heavy atom. The maximum atomic E-state index is 13.5. The van der Waals surface area contributed by atoms with Crippen LogP contribution < -0.4 is 5.32 Å². The molecule has 1 saturated carbocycles. The summed E-state index contributed by atoms with van der Waals surface area (Å²) < 4.78 is 19.2. The Bertz CT molecular complexity index is 599. The van der Waals surface area contributed by atoms with Gasteiger partial charge in [-0.05, 0) is 41.7 Å². The molecule has 0 spiro atoms. The van der Waals surface area contributed by atoms with E-state index in [2.05, 4.69) is 25.2 Å². The highest BCUT2D eigenvalue weighted by atomic mass is 19.1. The lowest BCUT2D eigenvalue weighted by Gasteiger charge is -2.56. The fourth-order valence-corrected chi connectivity index (χ4v) is 4.03. The molecule has 0 amide bonds. The second-order valence-corrected chi connectivity index (χ2v) is 7.71. The predicted molar refractivity (Wildman–Crippen MR) is 93.0 cm³/mol. The van der Waals surface area contributed by atoms with Gasteiger partial charge in [0.05, 0.1) is 19.3 Å². The molecule has 1 aromatic rings. The van der Waals surface area contributed by atoms with Crippen molar-refractivity contribution in [2.45, 2.75) is 39.3 Å². The molecule has 0 aromatic heterocycles. The quantitative estimate of drug-likeness (QED) is 0.717. The average Bonchev–Trinajstić information content (AvgIpc) is 2.56. The highest BCUT2D eigenvalue weighted by Gasteiger charge is 2.50. The lowest BCUT2D eigenvalue weighted by atomic mass is 9.49. The Morgan fingerprint density at radius 3 is 2.88 bits per heavy atom. The fraction of sp³-hybridized carbons (Fsp3) is 0.600. The van der Waals surface area contributed by atoms with Crippen LogP contribution in [0.25, 0.3) is 0 Å². The monoisotopic (exact) mass is 333 g/mol. The van der Waals surface area contributed by atoms with Crippen LogP contribution in [0.2, 0.25) is 0 Å². The van der Waals surface area contributed by atoms with Gasteiger partial charge < -0.3 is 15.2 Å². The maximum absolute atomic E-state index is 13.5. The molecular formula is C20H28FNO2. The number of hydrogen-bond acceptors (Lipinski definition) is 3. The smallest absolute Gasteiger partial charge is 0.127 e. The van der Waals surface area contributed by atoms with Crippen molar-refractivity contribution < 1.29 is 14.2 Å². The molecule has 2 N–H and O–H groups in total. The largest absolute Gasteiger partial charge is 0.389 e. The van der Waals surface area contributed by atoms with Gasteiger partial charge in [-0.25, -0.2) is 4.39 Å². The lowest BCUT2D eigenvalue weighted by molar-refractivity contribution is -0.0235. The Kier molecular flexibility index (Phi) is 5.38. The van der Waals surface area contributed by atoms with Crippen molar-refractivity contribution in [3.05, 3.63) is 47.3 Å². The molecule has 3 nitrogen and oxygen atoms in total. The number of halogens is 1. The molecule has 1 aromatic carbocycles. The number of ether oxygens (including phenoxy) is 1. The van der Waals surface area contributed by atoms with Crippen LogP contribution in [0.15, 0.2) is 35.9 Å². The first kappa shape index (κ1) is 17.6. The minimum atomic E-state index is -0.580. The van der Waals surface area contributed by atoms with Crippen LogP contribution in [0.5, 0.6) is 0 Å². The molecule has 0 aliphatic heterocycles. The molecule has 24 heavy (non-hydrogen) atoms. The minimum absolute atomic E-state index is 0.221. The first-order valence-corrected chi connectivity index (χ1v) is 8.87. The summed E-state index contributed by atoms with van der Waals surface area (Å²) in [6, 6.07) is 6.67. The number of allylic oxidation sites excluding steroid dienone is 1. The van der Waals surface area contributed by atoms with Gasteiger partial charge in [0, 0.05) is 18.7 Å². The number of benzene rings is 1. The van der Waals surface area contributed by atoms with E-state index in [4.69, 9.17) is 4.74 Å². The summed E-state index contributed by atoms with van der Waals surface area (Å²) in [7, 11) is 0. The SMILES string of the molecule is CC1(C)[C@H]2CC=C(COC[C@@H](O)CNCc3ccccc3F)[C@H]1C2. The van der Waals surface area contributed by atoms with Crippen LogP contribution in [0.4, 0.5) is 4.39 Å². The number of hydrogen-bond donors (Lipinski definition) is 2. The van der Waals surface area contributed by atoms with Crippen molar-refractivity contribution in [2.75, 3.05) is 19.8 Å². The summed E-state index contributed by atoms with van der Waals surface area (Å²) in [5, 5.41) is 13.1. The highest BCUT2D eigenvalue weighted by molar-refractivity contribution is 5.23. The molecule has 0 unspecified atom stereocenters. The molecule has 3 atom stereocenters. The third kappa shape index (κ3) is 3.71. The number of fused-ring (bicyclic) bond motifs is 1. The second-order valence-electron chi connectivity index (χ2n) is 7.71. The third-order valence-electron chi connectivity index (χ3n) is 5.81. The number of aliphatic hydroxyl groups is 1. The maximum Gasteiger partial charge on any atom is 0.127 e. The molecule has 3 aliphatic rings. The molecule has 0 radical (unpaired) electrons. The minimum Gasteiger partial charge on any atom is -0.389 e. The van der Waals surface area contributed by atoms with E-state index in [0.29, 0.717) is 43.2 Å². The van der Waals surface area contributed by atoms with Crippen LogP contribution in [0.3, 0.4) is 0 Å². The van der Waals surface area contributed by atoms with Gasteiger partial charge in [-0.15, -0.1) is 0 Å². The van der Waals surface area contributed by atoms with E-state index in [1.54, 1.807) is 12.1 Å². The molecule has 2 bridgehead atoms. The van der Waals surface area contributed by atoms with Gasteiger partial charge in [-0.2, -0.15) is 0 Å². The van der Waals surface area contributed by atoms with Gasteiger partial charge in [0.1, 0.15) is 5.82 Å². The van der Waals surface area contributed by atoms with Crippen molar-refractivity contribution in [1.82, 2.24) is 5.32 Å². The van der Waals surface area contributed by atoms with Gasteiger partial charge >= 0.3 is 0 Å². The van der Waals surface area contributed by atoms with Crippen molar-refractivity contribution in [1.29, 1.82) is 0 Å². The van der Waals surface area contributed by atoms with Crippen LogP contribution >= 0.6 is 0 Å². The molecule has 4 heteroatoms. The Morgan fingerprint density at radius 1 is 1.38 bits per heavy atom. The van der Waals surface area contributed by atoms with Gasteiger partial charge in [-0.3, -0.25) is 0 Å². The number of aliphatic hydroxyl groups excluding tert-OH is 1. The predicted octanol–water partition coefficient (Wildman–Crippen LogP) is 3.29. The van der Waals surface area contributed by atoms with Crippen LogP contribution in [-0.4, -0.2) is 31.0 Å². The molecule has 1 fully saturated rings. The van der Waals surface area contributed by atoms with E-state index in [1.807, 2.05) is 6.07 Å². The summed E-state index contributed by atoms with van der Waals surface area (Å²) in [6.07, 6.45) is 4.19. The van der Waals surface area contributed by atoms with E-state index in [1.165, 1.54) is 18.1 Å². The first-order chi connectivity index (χ1) is 11.5. The molecule has 3 aliphatic carbocycles. The van der Waals surface area contributed by atoms with E-state index >= 15 is 0 Å². The molecule has 0 heterocycles. The van der Waals surface area contributed by atoms with Gasteiger partial charge in [0.15, 0.2) is 0 Å². The van der Waals surface area contributed by atoms with E-state index in [-0.39, 0.29) is 5.82 Å². The zero-order valence-electron chi connectivity index (χ0n) is 14.6. The van der Waals surface area contributed by atoms with E-state index in [0.717, 1.165) is 12.3 Å². The van der Waals surface area contributed by atoms with Crippen molar-refractivity contribution in [3.8, 4) is 0 Å². The number of nitrogens with one attached hydrogen (secondary N) is 1. The summed E-state index contributed by atoms with van der Waals surface area (Å²) in [6.45, 7) is 6.42. The highest BCUT2D eigenvalue weighted by Crippen LogP contribution is 2.59. The van der Waals surface area contributed by atoms with Crippen LogP contribution in [-0.2, 0) is 11.3 Å². The molecule has 0 saturated heterocycles. The summed E-state index contributed by atoms with van der Waals surface area (Å²) in [5.41, 5.74) is 2.42. The Hall–Kier alpha value is -1.23. The lowest BCUT2D eigenvalue weighted by Crippen LogP contribution is -2.48. The molecule has 132 valence electrons.